The molecule has 0 unspecified atom stereocenters. The first-order valence-electron chi connectivity index (χ1n) is 10.7. The zero-order chi connectivity index (χ0) is 24.0. The number of nitrogens with one attached hydrogen (secondary N) is 1. The van der Waals surface area contributed by atoms with Crippen LogP contribution in [-0.4, -0.2) is 21.0 Å². The average Bonchev–Trinajstić information content (AvgIpc) is 3.18. The minimum Gasteiger partial charge on any atom is -0.478 e. The first-order chi connectivity index (χ1) is 16.3. The molecule has 3 heterocycles. The van der Waals surface area contributed by atoms with Gasteiger partial charge in [-0.25, -0.2) is 14.8 Å². The molecule has 3 aromatic heterocycles. The van der Waals surface area contributed by atoms with Crippen molar-refractivity contribution in [2.45, 2.75) is 26.8 Å². The van der Waals surface area contributed by atoms with Crippen LogP contribution in [0.4, 0.5) is 5.69 Å². The van der Waals surface area contributed by atoms with Crippen molar-refractivity contribution in [3.8, 4) is 11.5 Å². The Kier molecular flexibility index (Phi) is 5.37. The molecule has 0 amide bonds. The highest BCUT2D eigenvalue weighted by Crippen LogP contribution is 2.31. The Labute approximate surface area is 198 Å². The van der Waals surface area contributed by atoms with Gasteiger partial charge in [0.15, 0.2) is 11.2 Å². The molecule has 0 spiro atoms. The summed E-state index contributed by atoms with van der Waals surface area (Å²) >= 11 is 1.48. The van der Waals surface area contributed by atoms with Crippen LogP contribution < -0.4 is 10.7 Å². The van der Waals surface area contributed by atoms with E-state index in [0.717, 1.165) is 26.5 Å². The van der Waals surface area contributed by atoms with E-state index in [1.165, 1.54) is 17.4 Å². The van der Waals surface area contributed by atoms with Gasteiger partial charge in [0.05, 0.1) is 22.0 Å². The standard InChI is InChI=1S/C26H21N3O4S/c1-13-10-17(14(2)27-19-7-5-4-6-16(19)26(31)32)24-18(11-13)22(30)12-23(33-24)20-8-9-21-25(29-20)34-15(3)28-21/h4-12,14,27H,1-3H3,(H,31,32)/t14-/m1/s1. The van der Waals surface area contributed by atoms with E-state index >= 15 is 0 Å². The van der Waals surface area contributed by atoms with E-state index in [-0.39, 0.29) is 17.0 Å². The maximum atomic E-state index is 13.1. The Balaban J connectivity index is 1.64. The second-order valence-corrected chi connectivity index (χ2v) is 9.36. The van der Waals surface area contributed by atoms with Gasteiger partial charge in [0, 0.05) is 17.3 Å². The molecule has 0 aliphatic rings. The number of carbonyl (C=O) groups is 1. The maximum absolute atomic E-state index is 13.1. The number of aromatic nitrogens is 2. The zero-order valence-electron chi connectivity index (χ0n) is 18.7. The molecule has 0 radical (unpaired) electrons. The molecule has 0 aliphatic heterocycles. The van der Waals surface area contributed by atoms with Crippen LogP contribution in [0.5, 0.6) is 0 Å². The minimum absolute atomic E-state index is 0.165. The van der Waals surface area contributed by atoms with E-state index < -0.39 is 5.97 Å². The lowest BCUT2D eigenvalue weighted by Gasteiger charge is -2.19. The fourth-order valence-corrected chi connectivity index (χ4v) is 4.84. The number of hydrogen-bond donors (Lipinski definition) is 2. The number of nitrogens with zero attached hydrogens (tertiary/aromatic N) is 2. The summed E-state index contributed by atoms with van der Waals surface area (Å²) in [7, 11) is 0. The quantitative estimate of drug-likeness (QED) is 0.326. The zero-order valence-corrected chi connectivity index (χ0v) is 19.6. The number of aryl methyl sites for hydroxylation is 2. The molecule has 2 aromatic carbocycles. The van der Waals surface area contributed by atoms with E-state index in [1.807, 2.05) is 32.9 Å². The number of hydrogen-bond acceptors (Lipinski definition) is 7. The van der Waals surface area contributed by atoms with Crippen molar-refractivity contribution in [3.05, 3.63) is 86.5 Å². The fourth-order valence-electron chi connectivity index (χ4n) is 4.05. The fraction of sp³-hybridized carbons (Fsp3) is 0.154. The van der Waals surface area contributed by atoms with E-state index in [0.29, 0.717) is 28.1 Å². The highest BCUT2D eigenvalue weighted by Gasteiger charge is 2.19. The van der Waals surface area contributed by atoms with E-state index in [4.69, 9.17) is 4.42 Å². The van der Waals surface area contributed by atoms with E-state index in [1.54, 1.807) is 36.4 Å². The van der Waals surface area contributed by atoms with Crippen molar-refractivity contribution in [2.75, 3.05) is 5.32 Å². The first kappa shape index (κ1) is 21.8. The summed E-state index contributed by atoms with van der Waals surface area (Å²) in [5.74, 6) is -0.647. The van der Waals surface area contributed by atoms with Crippen molar-refractivity contribution >= 4 is 44.3 Å². The third-order valence-corrected chi connectivity index (χ3v) is 6.49. The summed E-state index contributed by atoms with van der Waals surface area (Å²) in [6, 6.07) is 15.3. The Hall–Kier alpha value is -4.04. The Morgan fingerprint density at radius 2 is 1.88 bits per heavy atom. The molecule has 0 saturated heterocycles. The van der Waals surface area contributed by atoms with Crippen LogP contribution in [0.15, 0.2) is 63.8 Å². The number of pyridine rings is 1. The van der Waals surface area contributed by atoms with Crippen LogP contribution in [0.25, 0.3) is 32.8 Å². The lowest BCUT2D eigenvalue weighted by atomic mass is 10.0. The van der Waals surface area contributed by atoms with E-state index in [2.05, 4.69) is 15.3 Å². The Morgan fingerprint density at radius 3 is 2.68 bits per heavy atom. The number of carboxylic acids is 1. The van der Waals surface area contributed by atoms with Crippen molar-refractivity contribution in [3.63, 3.8) is 0 Å². The van der Waals surface area contributed by atoms with Gasteiger partial charge in [-0.05, 0) is 56.7 Å². The van der Waals surface area contributed by atoms with Crippen LogP contribution in [0, 0.1) is 13.8 Å². The number of thiazole rings is 1. The monoisotopic (exact) mass is 471 g/mol. The van der Waals surface area contributed by atoms with Gasteiger partial charge in [0.25, 0.3) is 0 Å². The Bertz CT molecular complexity index is 1640. The number of fused-ring (bicyclic) bond motifs is 2. The summed E-state index contributed by atoms with van der Waals surface area (Å²) in [4.78, 5) is 34.6. The second kappa shape index (κ2) is 8.39. The Morgan fingerprint density at radius 1 is 1.09 bits per heavy atom. The molecule has 2 N–H and O–H groups in total. The van der Waals surface area contributed by atoms with Gasteiger partial charge in [-0.1, -0.05) is 29.5 Å². The number of anilines is 1. The third-order valence-electron chi connectivity index (χ3n) is 5.61. The van der Waals surface area contributed by atoms with Gasteiger partial charge in [-0.3, -0.25) is 4.79 Å². The molecule has 0 bridgehead atoms. The second-order valence-electron chi connectivity index (χ2n) is 8.18. The van der Waals surface area contributed by atoms with Gasteiger partial charge in [0.1, 0.15) is 21.6 Å². The summed E-state index contributed by atoms with van der Waals surface area (Å²) in [5.41, 5.74) is 3.96. The van der Waals surface area contributed by atoms with Gasteiger partial charge >= 0.3 is 5.97 Å². The predicted octanol–water partition coefficient (Wildman–Crippen LogP) is 5.95. The normalized spacial score (nSPS) is 12.2. The largest absolute Gasteiger partial charge is 0.478 e. The molecule has 1 atom stereocenters. The number of rotatable bonds is 5. The van der Waals surface area contributed by atoms with E-state index in [9.17, 15) is 14.7 Å². The molecule has 170 valence electrons. The molecule has 8 heteroatoms. The lowest BCUT2D eigenvalue weighted by Crippen LogP contribution is -2.12. The summed E-state index contributed by atoms with van der Waals surface area (Å²) < 4.78 is 6.27. The summed E-state index contributed by atoms with van der Waals surface area (Å²) in [6.45, 7) is 5.74. The predicted molar refractivity (Wildman–Crippen MR) is 134 cm³/mol. The molecule has 0 fully saturated rings. The molecule has 7 nitrogen and oxygen atoms in total. The maximum Gasteiger partial charge on any atom is 0.337 e. The van der Waals surface area contributed by atoms with Crippen LogP contribution in [0.3, 0.4) is 0 Å². The number of carboxylic acid groups (broad SMARTS) is 1. The summed E-state index contributed by atoms with van der Waals surface area (Å²) in [6.07, 6.45) is 0. The van der Waals surface area contributed by atoms with Crippen molar-refractivity contribution < 1.29 is 14.3 Å². The number of aromatic carboxylic acids is 1. The highest BCUT2D eigenvalue weighted by atomic mass is 32.1. The third kappa shape index (κ3) is 3.92. The van der Waals surface area contributed by atoms with Gasteiger partial charge in [-0.2, -0.15) is 0 Å². The highest BCUT2D eigenvalue weighted by molar-refractivity contribution is 7.18. The lowest BCUT2D eigenvalue weighted by molar-refractivity contribution is 0.0698. The van der Waals surface area contributed by atoms with Gasteiger partial charge < -0.3 is 14.8 Å². The average molecular weight is 472 g/mol. The minimum atomic E-state index is -1.02. The molecular weight excluding hydrogens is 450 g/mol. The summed E-state index contributed by atoms with van der Waals surface area (Å²) in [5, 5.41) is 14.2. The van der Waals surface area contributed by atoms with Crippen LogP contribution in [0.1, 0.15) is 39.5 Å². The van der Waals surface area contributed by atoms with Crippen LogP contribution >= 0.6 is 11.3 Å². The molecule has 0 saturated carbocycles. The SMILES string of the molecule is Cc1cc([C@@H](C)Nc2ccccc2C(=O)O)c2oc(-c3ccc4nc(C)sc4n3)cc(=O)c2c1. The van der Waals surface area contributed by atoms with Crippen molar-refractivity contribution in [1.29, 1.82) is 0 Å². The van der Waals surface area contributed by atoms with Crippen molar-refractivity contribution in [1.82, 2.24) is 9.97 Å². The molecule has 5 rings (SSSR count). The van der Waals surface area contributed by atoms with Gasteiger partial charge in [-0.15, -0.1) is 0 Å². The molecular formula is C26H21N3O4S. The van der Waals surface area contributed by atoms with Crippen LogP contribution in [0.2, 0.25) is 0 Å². The topological polar surface area (TPSA) is 105 Å². The first-order valence-corrected chi connectivity index (χ1v) is 11.5. The number of benzene rings is 2. The van der Waals surface area contributed by atoms with Gasteiger partial charge in [0.2, 0.25) is 0 Å². The van der Waals surface area contributed by atoms with Crippen molar-refractivity contribution in [2.24, 2.45) is 0 Å². The van der Waals surface area contributed by atoms with Crippen LogP contribution in [-0.2, 0) is 0 Å². The molecule has 0 aliphatic carbocycles. The molecule has 34 heavy (non-hydrogen) atoms. The molecule has 5 aromatic rings. The number of para-hydroxylation sites is 1. The smallest absolute Gasteiger partial charge is 0.337 e.